The lowest BCUT2D eigenvalue weighted by Crippen LogP contribution is -2.35. The summed E-state index contributed by atoms with van der Waals surface area (Å²) in [5, 5.41) is 2.77. The van der Waals surface area contributed by atoms with Crippen LogP contribution in [0.5, 0.6) is 5.75 Å². The molecule has 3 rings (SSSR count). The number of rotatable bonds is 6. The van der Waals surface area contributed by atoms with E-state index in [0.29, 0.717) is 24.5 Å². The van der Waals surface area contributed by atoms with Crippen LogP contribution in [0.15, 0.2) is 53.4 Å². The summed E-state index contributed by atoms with van der Waals surface area (Å²) < 4.78 is 32.6. The Hall–Kier alpha value is -2.38. The number of piperidine rings is 1. The second kappa shape index (κ2) is 8.75. The van der Waals surface area contributed by atoms with Crippen LogP contribution in [0.1, 0.15) is 31.7 Å². The molecule has 0 bridgehead atoms. The number of anilines is 1. The van der Waals surface area contributed by atoms with Gasteiger partial charge >= 0.3 is 0 Å². The number of sulfonamides is 1. The zero-order valence-electron chi connectivity index (χ0n) is 16.2. The molecule has 1 amide bonds. The molecule has 1 unspecified atom stereocenters. The zero-order chi connectivity index (χ0) is 20.1. The van der Waals surface area contributed by atoms with Gasteiger partial charge in [0, 0.05) is 18.8 Å². The van der Waals surface area contributed by atoms with E-state index in [1.165, 1.54) is 16.4 Å². The molecule has 0 saturated carbocycles. The molecule has 0 aromatic heterocycles. The number of hydrogen-bond donors (Lipinski definition) is 1. The predicted octanol–water partition coefficient (Wildman–Crippen LogP) is 3.58. The first-order valence-corrected chi connectivity index (χ1v) is 11.0. The Bertz CT molecular complexity index is 920. The van der Waals surface area contributed by atoms with Crippen molar-refractivity contribution in [3.63, 3.8) is 0 Å². The van der Waals surface area contributed by atoms with Crippen LogP contribution in [-0.4, -0.2) is 37.8 Å². The highest BCUT2D eigenvalue weighted by Crippen LogP contribution is 2.22. The second-order valence-electron chi connectivity index (χ2n) is 7.00. The fourth-order valence-electron chi connectivity index (χ4n) is 3.14. The molecule has 1 fully saturated rings. The Kier molecular flexibility index (Phi) is 6.36. The number of nitrogens with one attached hydrogen (secondary N) is 1. The number of hydrogen-bond acceptors (Lipinski definition) is 4. The molecule has 2 aromatic carbocycles. The topological polar surface area (TPSA) is 75.7 Å². The largest absolute Gasteiger partial charge is 0.481 e. The fraction of sp³-hybridized carbons (Fsp3) is 0.381. The lowest BCUT2D eigenvalue weighted by molar-refractivity contribution is -0.122. The molecule has 0 aliphatic carbocycles. The molecule has 28 heavy (non-hydrogen) atoms. The molecule has 1 N–H and O–H groups in total. The van der Waals surface area contributed by atoms with Gasteiger partial charge in [-0.3, -0.25) is 4.79 Å². The van der Waals surface area contributed by atoms with Gasteiger partial charge in [0.15, 0.2) is 6.10 Å². The van der Waals surface area contributed by atoms with Crippen LogP contribution in [-0.2, 0) is 14.8 Å². The Morgan fingerprint density at radius 3 is 2.32 bits per heavy atom. The Morgan fingerprint density at radius 2 is 1.68 bits per heavy atom. The molecule has 1 aliphatic heterocycles. The first-order valence-electron chi connectivity index (χ1n) is 9.51. The summed E-state index contributed by atoms with van der Waals surface area (Å²) in [5.74, 6) is 0.364. The van der Waals surface area contributed by atoms with Crippen LogP contribution in [0.25, 0.3) is 0 Å². The van der Waals surface area contributed by atoms with Gasteiger partial charge in [0.1, 0.15) is 5.75 Å². The molecular weight excluding hydrogens is 376 g/mol. The summed E-state index contributed by atoms with van der Waals surface area (Å²) in [6.07, 6.45) is 2.18. The van der Waals surface area contributed by atoms with E-state index in [1.54, 1.807) is 19.1 Å². The minimum absolute atomic E-state index is 0.247. The minimum Gasteiger partial charge on any atom is -0.481 e. The van der Waals surface area contributed by atoms with Gasteiger partial charge in [-0.25, -0.2) is 8.42 Å². The van der Waals surface area contributed by atoms with Crippen molar-refractivity contribution in [2.24, 2.45) is 0 Å². The number of carbonyl (C=O) groups is 1. The van der Waals surface area contributed by atoms with Crippen molar-refractivity contribution in [2.75, 3.05) is 18.4 Å². The van der Waals surface area contributed by atoms with Crippen molar-refractivity contribution in [1.29, 1.82) is 0 Å². The van der Waals surface area contributed by atoms with Crippen molar-refractivity contribution in [1.82, 2.24) is 4.31 Å². The summed E-state index contributed by atoms with van der Waals surface area (Å²) in [4.78, 5) is 12.6. The maximum atomic E-state index is 12.7. The van der Waals surface area contributed by atoms with Gasteiger partial charge in [0.05, 0.1) is 4.90 Å². The highest BCUT2D eigenvalue weighted by atomic mass is 32.2. The molecule has 7 heteroatoms. The van der Waals surface area contributed by atoms with E-state index in [9.17, 15) is 13.2 Å². The van der Waals surface area contributed by atoms with Crippen LogP contribution in [0.3, 0.4) is 0 Å². The number of para-hydroxylation sites is 1. The number of nitrogens with zero attached hydrogens (tertiary/aromatic N) is 1. The number of ether oxygens (including phenoxy) is 1. The molecule has 0 radical (unpaired) electrons. The van der Waals surface area contributed by atoms with E-state index >= 15 is 0 Å². The molecule has 1 saturated heterocycles. The summed E-state index contributed by atoms with van der Waals surface area (Å²) in [5.41, 5.74) is 1.48. The van der Waals surface area contributed by atoms with Crippen LogP contribution < -0.4 is 10.1 Å². The van der Waals surface area contributed by atoms with Crippen LogP contribution in [0.2, 0.25) is 0 Å². The maximum Gasteiger partial charge on any atom is 0.265 e. The number of benzene rings is 2. The predicted molar refractivity (Wildman–Crippen MR) is 109 cm³/mol. The average Bonchev–Trinajstić information content (AvgIpc) is 2.70. The smallest absolute Gasteiger partial charge is 0.265 e. The van der Waals surface area contributed by atoms with E-state index < -0.39 is 16.1 Å². The van der Waals surface area contributed by atoms with Crippen molar-refractivity contribution >= 4 is 21.6 Å². The van der Waals surface area contributed by atoms with E-state index in [0.717, 1.165) is 24.8 Å². The zero-order valence-corrected chi connectivity index (χ0v) is 17.0. The number of aryl methyl sites for hydroxylation is 1. The number of amides is 1. The molecule has 150 valence electrons. The van der Waals surface area contributed by atoms with Gasteiger partial charge in [-0.15, -0.1) is 0 Å². The van der Waals surface area contributed by atoms with Gasteiger partial charge < -0.3 is 10.1 Å². The third-order valence-electron chi connectivity index (χ3n) is 4.84. The average molecular weight is 403 g/mol. The molecular formula is C21H26N2O4S. The lowest BCUT2D eigenvalue weighted by atomic mass is 10.2. The molecule has 1 atom stereocenters. The SMILES string of the molecule is Cc1ccccc1OC(C)C(=O)Nc1ccc(S(=O)(=O)N2CCCCC2)cc1. The van der Waals surface area contributed by atoms with Crippen LogP contribution in [0.4, 0.5) is 5.69 Å². The van der Waals surface area contributed by atoms with Gasteiger partial charge in [0.25, 0.3) is 5.91 Å². The molecule has 1 heterocycles. The van der Waals surface area contributed by atoms with Gasteiger partial charge in [-0.2, -0.15) is 4.31 Å². The third-order valence-corrected chi connectivity index (χ3v) is 6.75. The van der Waals surface area contributed by atoms with Crippen LogP contribution in [0, 0.1) is 6.92 Å². The van der Waals surface area contributed by atoms with Gasteiger partial charge in [-0.05, 0) is 62.6 Å². The molecule has 6 nitrogen and oxygen atoms in total. The van der Waals surface area contributed by atoms with Crippen molar-refractivity contribution in [3.05, 3.63) is 54.1 Å². The summed E-state index contributed by atoms with van der Waals surface area (Å²) >= 11 is 0. The van der Waals surface area contributed by atoms with Crippen molar-refractivity contribution < 1.29 is 17.9 Å². The minimum atomic E-state index is -3.47. The Balaban J connectivity index is 1.63. The first kappa shape index (κ1) is 20.4. The standard InChI is InChI=1S/C21H26N2O4S/c1-16-8-4-5-9-20(16)27-17(2)21(24)22-18-10-12-19(13-11-18)28(25,26)23-14-6-3-7-15-23/h4-5,8-13,17H,3,6-7,14-15H2,1-2H3,(H,22,24). The van der Waals surface area contributed by atoms with E-state index in [1.807, 2.05) is 31.2 Å². The summed E-state index contributed by atoms with van der Waals surface area (Å²) in [7, 11) is -3.47. The summed E-state index contributed by atoms with van der Waals surface area (Å²) in [6.45, 7) is 4.72. The summed E-state index contributed by atoms with van der Waals surface area (Å²) in [6, 6.07) is 13.8. The third kappa shape index (κ3) is 4.72. The highest BCUT2D eigenvalue weighted by molar-refractivity contribution is 7.89. The lowest BCUT2D eigenvalue weighted by Gasteiger charge is -2.25. The van der Waals surface area contributed by atoms with E-state index in [4.69, 9.17) is 4.74 Å². The second-order valence-corrected chi connectivity index (χ2v) is 8.94. The Morgan fingerprint density at radius 1 is 1.04 bits per heavy atom. The normalized spacial score (nSPS) is 16.4. The van der Waals surface area contributed by atoms with E-state index in [-0.39, 0.29) is 10.8 Å². The fourth-order valence-corrected chi connectivity index (χ4v) is 4.66. The van der Waals surface area contributed by atoms with Gasteiger partial charge in [-0.1, -0.05) is 24.6 Å². The quantitative estimate of drug-likeness (QED) is 0.801. The monoisotopic (exact) mass is 402 g/mol. The van der Waals surface area contributed by atoms with Gasteiger partial charge in [0.2, 0.25) is 10.0 Å². The van der Waals surface area contributed by atoms with Crippen LogP contribution >= 0.6 is 0 Å². The van der Waals surface area contributed by atoms with Crippen molar-refractivity contribution in [2.45, 2.75) is 44.1 Å². The van der Waals surface area contributed by atoms with Crippen molar-refractivity contribution in [3.8, 4) is 5.75 Å². The molecule has 1 aliphatic rings. The number of carbonyl (C=O) groups excluding carboxylic acids is 1. The molecule has 0 spiro atoms. The van der Waals surface area contributed by atoms with E-state index in [2.05, 4.69) is 5.32 Å². The molecule has 2 aromatic rings. The maximum absolute atomic E-state index is 12.7. The Labute approximate surface area is 166 Å². The first-order chi connectivity index (χ1) is 13.4. The highest BCUT2D eigenvalue weighted by Gasteiger charge is 2.25.